The highest BCUT2D eigenvalue weighted by atomic mass is 127. The summed E-state index contributed by atoms with van der Waals surface area (Å²) in [6.07, 6.45) is 5.64. The van der Waals surface area contributed by atoms with Gasteiger partial charge in [-0.15, -0.1) is 0 Å². The third kappa shape index (κ3) is 7.05. The van der Waals surface area contributed by atoms with Gasteiger partial charge in [0, 0.05) is 30.2 Å². The van der Waals surface area contributed by atoms with Gasteiger partial charge in [-0.2, -0.15) is 9.83 Å². The highest BCUT2D eigenvalue weighted by molar-refractivity contribution is 5.74. The van der Waals surface area contributed by atoms with Gasteiger partial charge in [0.15, 0.2) is 0 Å². The van der Waals surface area contributed by atoms with Crippen LogP contribution < -0.4 is 33.3 Å². The zero-order valence-corrected chi connectivity index (χ0v) is 23.4. The Balaban J connectivity index is 0.00000380. The van der Waals surface area contributed by atoms with Gasteiger partial charge >= 0.3 is 0 Å². The number of nitriles is 1. The van der Waals surface area contributed by atoms with E-state index in [9.17, 15) is 4.39 Å². The molecule has 5 heteroatoms. The predicted octanol–water partition coefficient (Wildman–Crippen LogP) is 4.57. The molecule has 0 amide bonds. The minimum absolute atomic E-state index is 0. The Hall–Kier alpha value is -3.50. The van der Waals surface area contributed by atoms with E-state index in [4.69, 9.17) is 10.00 Å². The van der Waals surface area contributed by atoms with Crippen molar-refractivity contribution in [3.63, 3.8) is 0 Å². The van der Waals surface area contributed by atoms with Crippen LogP contribution in [0.3, 0.4) is 0 Å². The first-order chi connectivity index (χ1) is 17.5. The Kier molecular flexibility index (Phi) is 9.99. The van der Waals surface area contributed by atoms with Crippen LogP contribution in [0.4, 0.5) is 4.39 Å². The first kappa shape index (κ1) is 28.1. The van der Waals surface area contributed by atoms with E-state index in [1.165, 1.54) is 17.7 Å². The molecule has 0 saturated carbocycles. The van der Waals surface area contributed by atoms with Crippen molar-refractivity contribution in [3.8, 4) is 34.2 Å². The minimum Gasteiger partial charge on any atom is -1.00 e. The first-order valence-electron chi connectivity index (χ1n) is 12.1. The average Bonchev–Trinajstić information content (AvgIpc) is 2.92. The normalized spacial score (nSPS) is 11.5. The molecule has 0 aliphatic rings. The first-order valence-corrected chi connectivity index (χ1v) is 12.1. The fraction of sp³-hybridized carbons (Fsp3) is 0.188. The molecule has 1 heterocycles. The molecule has 0 radical (unpaired) electrons. The average molecular weight is 605 g/mol. The van der Waals surface area contributed by atoms with Crippen LogP contribution in [0.15, 0.2) is 84.9 Å². The maximum Gasteiger partial charge on any atom is 0.213 e. The van der Waals surface area contributed by atoms with Crippen LogP contribution in [0.5, 0.6) is 5.75 Å². The second-order valence-corrected chi connectivity index (χ2v) is 8.95. The van der Waals surface area contributed by atoms with Crippen LogP contribution in [0, 0.1) is 17.1 Å². The second kappa shape index (κ2) is 13.2. The molecule has 4 aromatic rings. The van der Waals surface area contributed by atoms with Crippen molar-refractivity contribution in [2.45, 2.75) is 25.7 Å². The topological polar surface area (TPSA) is 36.9 Å². The Bertz CT molecular complexity index is 1390. The van der Waals surface area contributed by atoms with E-state index >= 15 is 0 Å². The van der Waals surface area contributed by atoms with Crippen molar-refractivity contribution in [1.29, 1.82) is 5.26 Å². The molecule has 1 aromatic heterocycles. The Labute approximate surface area is 235 Å². The highest BCUT2D eigenvalue weighted by Gasteiger charge is 2.17. The number of ether oxygens (including phenoxy) is 1. The summed E-state index contributed by atoms with van der Waals surface area (Å²) in [6.45, 7) is 2.16. The standard InChI is InChI=1S/C32H30FN2O.HI/c1-23(5-4-20-34)25-9-6-24(7-10-25)8-17-30-21-28(26-13-18-31(36-3)19-14-26)22-32(35(30)2)27-11-15-29(33)16-12-27;/h6-19,21-23H,4-5H2,1-3H3;1H/q+1;/p-1/b17-8+;. The van der Waals surface area contributed by atoms with Crippen LogP contribution in [-0.4, -0.2) is 7.11 Å². The molecule has 1 unspecified atom stereocenters. The van der Waals surface area contributed by atoms with Crippen molar-refractivity contribution in [3.05, 3.63) is 108 Å². The quantitative estimate of drug-likeness (QED) is 0.218. The van der Waals surface area contributed by atoms with Gasteiger partial charge < -0.3 is 28.7 Å². The Morgan fingerprint density at radius 3 is 2.16 bits per heavy atom. The summed E-state index contributed by atoms with van der Waals surface area (Å²) in [5.41, 5.74) is 7.44. The lowest BCUT2D eigenvalue weighted by atomic mass is 9.95. The maximum atomic E-state index is 13.6. The number of benzene rings is 3. The molecule has 0 fully saturated rings. The van der Waals surface area contributed by atoms with E-state index < -0.39 is 0 Å². The van der Waals surface area contributed by atoms with Gasteiger partial charge in [-0.1, -0.05) is 43.3 Å². The Morgan fingerprint density at radius 2 is 1.54 bits per heavy atom. The number of hydrogen-bond donors (Lipinski definition) is 0. The molecule has 0 N–H and O–H groups in total. The van der Waals surface area contributed by atoms with E-state index in [2.05, 4.69) is 66.1 Å². The van der Waals surface area contributed by atoms with Gasteiger partial charge in [-0.3, -0.25) is 0 Å². The second-order valence-electron chi connectivity index (χ2n) is 8.95. The molecular weight excluding hydrogens is 574 g/mol. The van der Waals surface area contributed by atoms with Crippen molar-refractivity contribution >= 4 is 12.2 Å². The summed E-state index contributed by atoms with van der Waals surface area (Å²) >= 11 is 0. The van der Waals surface area contributed by atoms with Crippen molar-refractivity contribution in [2.75, 3.05) is 7.11 Å². The maximum absolute atomic E-state index is 13.6. The lowest BCUT2D eigenvalue weighted by Crippen LogP contribution is -3.00. The smallest absolute Gasteiger partial charge is 0.213 e. The summed E-state index contributed by atoms with van der Waals surface area (Å²) in [5, 5.41) is 8.84. The third-order valence-electron chi connectivity index (χ3n) is 6.55. The summed E-state index contributed by atoms with van der Waals surface area (Å²) in [7, 11) is 3.68. The van der Waals surface area contributed by atoms with E-state index in [1.54, 1.807) is 7.11 Å². The Morgan fingerprint density at radius 1 is 0.892 bits per heavy atom. The molecule has 188 valence electrons. The molecule has 4 rings (SSSR count). The third-order valence-corrected chi connectivity index (χ3v) is 6.55. The van der Waals surface area contributed by atoms with Gasteiger partial charge in [0.05, 0.1) is 13.2 Å². The number of methoxy groups -OCH3 is 1. The molecule has 3 aromatic carbocycles. The fourth-order valence-electron chi connectivity index (χ4n) is 4.25. The molecular formula is C32H30FIN2O. The minimum atomic E-state index is -0.252. The number of hydrogen-bond acceptors (Lipinski definition) is 2. The number of rotatable bonds is 8. The largest absolute Gasteiger partial charge is 1.00 e. The SMILES string of the molecule is COc1ccc(-c2cc(/C=C/c3ccc(C(C)CCC#N)cc3)[n+](C)c(-c3ccc(F)cc3)c2)cc1.[I-]. The monoisotopic (exact) mass is 604 g/mol. The number of aromatic nitrogens is 1. The number of nitrogens with zero attached hydrogens (tertiary/aromatic N) is 2. The van der Waals surface area contributed by atoms with Crippen molar-refractivity contribution < 1.29 is 37.7 Å². The summed E-state index contributed by atoms with van der Waals surface area (Å²) < 4.78 is 21.0. The molecule has 3 nitrogen and oxygen atoms in total. The molecule has 0 spiro atoms. The van der Waals surface area contributed by atoms with Gasteiger partial charge in [0.25, 0.3) is 0 Å². The van der Waals surface area contributed by atoms with E-state index in [0.717, 1.165) is 45.8 Å². The van der Waals surface area contributed by atoms with Gasteiger partial charge in [-0.25, -0.2) is 4.39 Å². The lowest BCUT2D eigenvalue weighted by molar-refractivity contribution is -0.662. The summed E-state index contributed by atoms with van der Waals surface area (Å²) in [6, 6.07) is 29.6. The van der Waals surface area contributed by atoms with E-state index in [0.29, 0.717) is 12.3 Å². The van der Waals surface area contributed by atoms with Gasteiger partial charge in [-0.05, 0) is 77.1 Å². The molecule has 0 aliphatic carbocycles. The summed E-state index contributed by atoms with van der Waals surface area (Å²) in [4.78, 5) is 0. The fourth-order valence-corrected chi connectivity index (χ4v) is 4.25. The number of halogens is 2. The molecule has 0 aliphatic heterocycles. The van der Waals surface area contributed by atoms with Crippen LogP contribution in [0.25, 0.3) is 34.5 Å². The van der Waals surface area contributed by atoms with Gasteiger partial charge in [0.1, 0.15) is 18.6 Å². The predicted molar refractivity (Wildman–Crippen MR) is 144 cm³/mol. The zero-order valence-electron chi connectivity index (χ0n) is 21.3. The van der Waals surface area contributed by atoms with Crippen molar-refractivity contribution in [1.82, 2.24) is 0 Å². The van der Waals surface area contributed by atoms with Crippen LogP contribution in [0.1, 0.15) is 42.5 Å². The van der Waals surface area contributed by atoms with Crippen molar-refractivity contribution in [2.24, 2.45) is 7.05 Å². The van der Waals surface area contributed by atoms with Crippen LogP contribution in [-0.2, 0) is 7.05 Å². The zero-order chi connectivity index (χ0) is 25.5. The lowest BCUT2D eigenvalue weighted by Gasteiger charge is -2.10. The molecule has 0 saturated heterocycles. The number of pyridine rings is 1. The molecule has 0 bridgehead atoms. The highest BCUT2D eigenvalue weighted by Crippen LogP contribution is 2.28. The molecule has 1 atom stereocenters. The van der Waals surface area contributed by atoms with E-state index in [1.807, 2.05) is 43.4 Å². The van der Waals surface area contributed by atoms with Gasteiger partial charge in [0.2, 0.25) is 11.4 Å². The van der Waals surface area contributed by atoms with Crippen LogP contribution >= 0.6 is 0 Å². The van der Waals surface area contributed by atoms with Crippen LogP contribution in [0.2, 0.25) is 0 Å². The summed E-state index contributed by atoms with van der Waals surface area (Å²) in [5.74, 6) is 0.919. The van der Waals surface area contributed by atoms with E-state index in [-0.39, 0.29) is 29.8 Å². The molecule has 37 heavy (non-hydrogen) atoms.